The van der Waals surface area contributed by atoms with Crippen molar-refractivity contribution >= 4 is 39.4 Å². The van der Waals surface area contributed by atoms with E-state index in [-0.39, 0.29) is 17.8 Å². The average molecular weight is 450 g/mol. The fourth-order valence-electron chi connectivity index (χ4n) is 3.84. The summed E-state index contributed by atoms with van der Waals surface area (Å²) in [7, 11) is 0. The number of carbonyl (C=O) groups is 2. The topological polar surface area (TPSA) is 110 Å². The number of esters is 1. The van der Waals surface area contributed by atoms with E-state index in [0.29, 0.717) is 16.8 Å². The first-order chi connectivity index (χ1) is 16.6. The standard InChI is InChI=1S/C26H18N4O4/c27-13-19-14-28-30(20-7-2-1-3-8-20)26(19)29-23(31)16-34-24(32)12-18-15-33-22-11-10-17-6-4-5-9-21(17)25(18)22/h1-11,14-15H,12,16H2,(H,29,31). The number of hydrogen-bond donors (Lipinski definition) is 1. The zero-order valence-electron chi connectivity index (χ0n) is 17.9. The predicted molar refractivity (Wildman–Crippen MR) is 125 cm³/mol. The first-order valence-electron chi connectivity index (χ1n) is 10.5. The van der Waals surface area contributed by atoms with E-state index in [0.717, 1.165) is 16.2 Å². The molecule has 0 aliphatic carbocycles. The molecule has 0 unspecified atom stereocenters. The Kier molecular flexibility index (Phi) is 5.50. The minimum atomic E-state index is -0.579. The summed E-state index contributed by atoms with van der Waals surface area (Å²) in [5.74, 6) is -0.935. The predicted octanol–water partition coefficient (Wildman–Crippen LogP) is 4.37. The highest BCUT2D eigenvalue weighted by atomic mass is 16.5. The minimum Gasteiger partial charge on any atom is -0.464 e. The smallest absolute Gasteiger partial charge is 0.310 e. The van der Waals surface area contributed by atoms with Crippen molar-refractivity contribution in [1.29, 1.82) is 5.26 Å². The number of amides is 1. The summed E-state index contributed by atoms with van der Waals surface area (Å²) in [5, 5.41) is 19.0. The summed E-state index contributed by atoms with van der Waals surface area (Å²) in [6, 6.07) is 22.7. The Morgan fingerprint density at radius 2 is 1.85 bits per heavy atom. The third-order valence-electron chi connectivity index (χ3n) is 5.39. The lowest BCUT2D eigenvalue weighted by atomic mass is 10.0. The van der Waals surface area contributed by atoms with Crippen LogP contribution in [0.4, 0.5) is 5.82 Å². The van der Waals surface area contributed by atoms with Gasteiger partial charge in [-0.2, -0.15) is 10.4 Å². The molecular weight excluding hydrogens is 432 g/mol. The summed E-state index contributed by atoms with van der Waals surface area (Å²) < 4.78 is 12.3. The summed E-state index contributed by atoms with van der Waals surface area (Å²) in [6.45, 7) is -0.500. The lowest BCUT2D eigenvalue weighted by molar-refractivity contribution is -0.146. The second-order valence-corrected chi connectivity index (χ2v) is 7.57. The van der Waals surface area contributed by atoms with Gasteiger partial charge in [0.05, 0.1) is 24.6 Å². The number of anilines is 1. The Labute approximate surface area is 194 Å². The van der Waals surface area contributed by atoms with Gasteiger partial charge in [-0.25, -0.2) is 4.68 Å². The van der Waals surface area contributed by atoms with Crippen LogP contribution in [0.25, 0.3) is 27.4 Å². The number of nitrogens with one attached hydrogen (secondary N) is 1. The molecule has 0 spiro atoms. The third-order valence-corrected chi connectivity index (χ3v) is 5.39. The van der Waals surface area contributed by atoms with Crippen LogP contribution < -0.4 is 5.32 Å². The van der Waals surface area contributed by atoms with E-state index in [4.69, 9.17) is 9.15 Å². The van der Waals surface area contributed by atoms with Gasteiger partial charge in [-0.1, -0.05) is 48.5 Å². The number of benzene rings is 3. The van der Waals surface area contributed by atoms with E-state index in [9.17, 15) is 14.9 Å². The van der Waals surface area contributed by atoms with Crippen molar-refractivity contribution in [2.24, 2.45) is 0 Å². The molecular formula is C26H18N4O4. The van der Waals surface area contributed by atoms with Crippen LogP contribution in [0.15, 0.2) is 83.6 Å². The number of nitrogens with zero attached hydrogens (tertiary/aromatic N) is 3. The van der Waals surface area contributed by atoms with Crippen molar-refractivity contribution in [3.05, 3.63) is 90.3 Å². The molecule has 8 nitrogen and oxygen atoms in total. The van der Waals surface area contributed by atoms with Crippen LogP contribution in [-0.2, 0) is 20.7 Å². The Morgan fingerprint density at radius 1 is 1.06 bits per heavy atom. The van der Waals surface area contributed by atoms with Crippen LogP contribution in [0.3, 0.4) is 0 Å². The molecule has 0 saturated carbocycles. The Hall–Kier alpha value is -4.90. The van der Waals surface area contributed by atoms with Gasteiger partial charge in [0.1, 0.15) is 17.2 Å². The van der Waals surface area contributed by atoms with Gasteiger partial charge in [0.2, 0.25) is 0 Å². The number of furan rings is 1. The van der Waals surface area contributed by atoms with Gasteiger partial charge in [0, 0.05) is 10.9 Å². The number of fused-ring (bicyclic) bond motifs is 3. The van der Waals surface area contributed by atoms with E-state index < -0.39 is 18.5 Å². The fourth-order valence-corrected chi connectivity index (χ4v) is 3.84. The summed E-state index contributed by atoms with van der Waals surface area (Å²) >= 11 is 0. The van der Waals surface area contributed by atoms with Crippen molar-refractivity contribution in [3.63, 3.8) is 0 Å². The molecule has 0 atom stereocenters. The second-order valence-electron chi connectivity index (χ2n) is 7.57. The monoisotopic (exact) mass is 450 g/mol. The van der Waals surface area contributed by atoms with Crippen LogP contribution in [0.1, 0.15) is 11.1 Å². The quantitative estimate of drug-likeness (QED) is 0.385. The molecule has 0 aliphatic rings. The molecule has 2 heterocycles. The minimum absolute atomic E-state index is 0.0420. The van der Waals surface area contributed by atoms with Crippen molar-refractivity contribution < 1.29 is 18.7 Å². The maximum Gasteiger partial charge on any atom is 0.310 e. The maximum absolute atomic E-state index is 12.5. The molecule has 0 saturated heterocycles. The van der Waals surface area contributed by atoms with Crippen LogP contribution in [0.5, 0.6) is 0 Å². The van der Waals surface area contributed by atoms with Gasteiger partial charge in [0.25, 0.3) is 5.91 Å². The normalized spacial score (nSPS) is 10.8. The summed E-state index contributed by atoms with van der Waals surface area (Å²) in [4.78, 5) is 25.0. The van der Waals surface area contributed by atoms with E-state index >= 15 is 0 Å². The van der Waals surface area contributed by atoms with Crippen molar-refractivity contribution in [2.45, 2.75) is 6.42 Å². The number of nitriles is 1. The Bertz CT molecular complexity index is 1560. The van der Waals surface area contributed by atoms with Crippen LogP contribution in [0.2, 0.25) is 0 Å². The SMILES string of the molecule is N#Cc1cnn(-c2ccccc2)c1NC(=O)COC(=O)Cc1coc2ccc3ccccc3c12. The molecule has 5 aromatic rings. The number of para-hydroxylation sites is 1. The average Bonchev–Trinajstić information content (AvgIpc) is 3.47. The molecule has 34 heavy (non-hydrogen) atoms. The molecule has 0 aliphatic heterocycles. The highest BCUT2D eigenvalue weighted by Gasteiger charge is 2.18. The van der Waals surface area contributed by atoms with E-state index in [2.05, 4.69) is 10.4 Å². The van der Waals surface area contributed by atoms with E-state index in [1.54, 1.807) is 12.1 Å². The first kappa shape index (κ1) is 21.0. The number of ether oxygens (including phenoxy) is 1. The number of aromatic nitrogens is 2. The van der Waals surface area contributed by atoms with Crippen LogP contribution >= 0.6 is 0 Å². The number of carbonyl (C=O) groups excluding carboxylic acids is 2. The van der Waals surface area contributed by atoms with Crippen LogP contribution in [0, 0.1) is 11.3 Å². The zero-order valence-corrected chi connectivity index (χ0v) is 17.9. The lowest BCUT2D eigenvalue weighted by Gasteiger charge is -2.10. The molecule has 0 fully saturated rings. The lowest BCUT2D eigenvalue weighted by Crippen LogP contribution is -2.23. The van der Waals surface area contributed by atoms with Crippen molar-refractivity contribution in [3.8, 4) is 11.8 Å². The van der Waals surface area contributed by atoms with Gasteiger partial charge in [-0.3, -0.25) is 9.59 Å². The van der Waals surface area contributed by atoms with Gasteiger partial charge >= 0.3 is 5.97 Å². The molecule has 0 bridgehead atoms. The fraction of sp³-hybridized carbons (Fsp3) is 0.0769. The Morgan fingerprint density at radius 3 is 2.68 bits per heavy atom. The van der Waals surface area contributed by atoms with Gasteiger partial charge < -0.3 is 14.5 Å². The van der Waals surface area contributed by atoms with Gasteiger partial charge in [-0.15, -0.1) is 0 Å². The molecule has 1 amide bonds. The van der Waals surface area contributed by atoms with Gasteiger partial charge in [-0.05, 0) is 29.0 Å². The van der Waals surface area contributed by atoms with E-state index in [1.807, 2.05) is 60.7 Å². The van der Waals surface area contributed by atoms with Crippen molar-refractivity contribution in [2.75, 3.05) is 11.9 Å². The summed E-state index contributed by atoms with van der Waals surface area (Å²) in [6.07, 6.45) is 2.86. The molecule has 0 radical (unpaired) electrons. The number of rotatable bonds is 6. The summed E-state index contributed by atoms with van der Waals surface area (Å²) in [5.41, 5.74) is 2.24. The number of hydrogen-bond acceptors (Lipinski definition) is 6. The molecule has 3 aromatic carbocycles. The molecule has 166 valence electrons. The molecule has 5 rings (SSSR count). The zero-order chi connectivity index (χ0) is 23.5. The van der Waals surface area contributed by atoms with E-state index in [1.165, 1.54) is 17.1 Å². The molecule has 8 heteroatoms. The largest absolute Gasteiger partial charge is 0.464 e. The van der Waals surface area contributed by atoms with Crippen LogP contribution in [-0.4, -0.2) is 28.3 Å². The van der Waals surface area contributed by atoms with Gasteiger partial charge in [0.15, 0.2) is 12.4 Å². The maximum atomic E-state index is 12.5. The third kappa shape index (κ3) is 3.98. The highest BCUT2D eigenvalue weighted by Crippen LogP contribution is 2.30. The highest BCUT2D eigenvalue weighted by molar-refractivity contribution is 6.08. The molecule has 2 aromatic heterocycles. The second kappa shape index (κ2) is 8.92. The molecule has 1 N–H and O–H groups in total. The first-order valence-corrected chi connectivity index (χ1v) is 10.5. The Balaban J connectivity index is 1.28. The van der Waals surface area contributed by atoms with Crippen molar-refractivity contribution in [1.82, 2.24) is 9.78 Å².